The zero-order valence-electron chi connectivity index (χ0n) is 15.1. The van der Waals surface area contributed by atoms with Gasteiger partial charge in [0.05, 0.1) is 22.7 Å². The Bertz CT molecular complexity index is 1010. The van der Waals surface area contributed by atoms with Gasteiger partial charge in [-0.3, -0.25) is 14.5 Å². The largest absolute Gasteiger partial charge is 0.405 e. The topological polar surface area (TPSA) is 52.4 Å². The molecular weight excluding hydrogens is 399 g/mol. The van der Waals surface area contributed by atoms with Crippen LogP contribution in [0.15, 0.2) is 66.7 Å². The van der Waals surface area contributed by atoms with Gasteiger partial charge in [-0.2, -0.15) is 0 Å². The van der Waals surface area contributed by atoms with Crippen molar-refractivity contribution in [3.63, 3.8) is 0 Å². The molecule has 0 aliphatic carbocycles. The van der Waals surface area contributed by atoms with Gasteiger partial charge in [0.25, 0.3) is 5.69 Å². The molecule has 0 N–H and O–H groups in total. The predicted molar refractivity (Wildman–Crippen MR) is 103 cm³/mol. The number of nitrogens with zero attached hydrogens (tertiary/aromatic N) is 1. The van der Waals surface area contributed by atoms with Crippen molar-refractivity contribution >= 4 is 16.2 Å². The van der Waals surface area contributed by atoms with E-state index in [1.54, 1.807) is 6.07 Å². The van der Waals surface area contributed by atoms with Gasteiger partial charge in [0.1, 0.15) is 17.2 Å². The van der Waals surface area contributed by atoms with Crippen LogP contribution in [0.4, 0.5) is 18.9 Å². The molecule has 3 aromatic carbocycles. The third-order valence-electron chi connectivity index (χ3n) is 4.74. The summed E-state index contributed by atoms with van der Waals surface area (Å²) < 4.78 is 45.7. The van der Waals surface area contributed by atoms with Crippen LogP contribution in [0.25, 0.3) is 11.1 Å². The summed E-state index contributed by atoms with van der Waals surface area (Å²) in [6, 6.07) is 14.9. The Kier molecular flexibility index (Phi) is 6.14. The monoisotopic (exact) mass is 414 g/mol. The van der Waals surface area contributed by atoms with E-state index in [2.05, 4.69) is 10.5 Å². The first-order valence-corrected chi connectivity index (χ1v) is 9.04. The van der Waals surface area contributed by atoms with Crippen LogP contribution in [0.1, 0.15) is 17.5 Å². The number of nitro benzene ring substituents is 1. The average molecular weight is 414 g/mol. The molecular formula is C21H15F3NO3Si. The van der Waals surface area contributed by atoms with Crippen LogP contribution in [0.2, 0.25) is 0 Å². The van der Waals surface area contributed by atoms with Crippen molar-refractivity contribution in [1.29, 1.82) is 0 Å². The normalized spacial score (nSPS) is 13.1. The fraction of sp³-hybridized carbons (Fsp3) is 0.143. The van der Waals surface area contributed by atoms with Gasteiger partial charge in [-0.15, -0.1) is 0 Å². The van der Waals surface area contributed by atoms with Gasteiger partial charge in [0, 0.05) is 6.42 Å². The molecule has 3 rings (SSSR count). The summed E-state index contributed by atoms with van der Waals surface area (Å²) in [5.41, 5.74) is -0.828. The zero-order chi connectivity index (χ0) is 21.0. The second-order valence-electron chi connectivity index (χ2n) is 6.34. The second kappa shape index (κ2) is 8.58. The summed E-state index contributed by atoms with van der Waals surface area (Å²) in [6.45, 7) is -0.847. The van der Waals surface area contributed by atoms with Crippen molar-refractivity contribution < 1.29 is 22.5 Å². The lowest BCUT2D eigenvalue weighted by molar-refractivity contribution is -0.385. The molecule has 29 heavy (non-hydrogen) atoms. The molecule has 0 saturated carbocycles. The minimum absolute atomic E-state index is 0.0867. The maximum atomic E-state index is 13.5. The van der Waals surface area contributed by atoms with Crippen LogP contribution in [-0.4, -0.2) is 22.1 Å². The number of hydrogen-bond donors (Lipinski definition) is 0. The van der Waals surface area contributed by atoms with Crippen LogP contribution < -0.4 is 0 Å². The SMILES string of the molecule is O=[N+]([O-])c1c(-c2ccc(F)cc2)cccc1C(CCF)(O[Si])c1ccc(F)cc1. The van der Waals surface area contributed by atoms with Gasteiger partial charge in [-0.05, 0) is 47.5 Å². The van der Waals surface area contributed by atoms with E-state index in [-0.39, 0.29) is 23.2 Å². The molecule has 0 fully saturated rings. The van der Waals surface area contributed by atoms with Crippen LogP contribution in [-0.2, 0) is 10.0 Å². The number of rotatable bonds is 7. The Labute approximate surface area is 168 Å². The summed E-state index contributed by atoms with van der Waals surface area (Å²) in [7, 11) is 2.97. The Morgan fingerprint density at radius 1 is 0.966 bits per heavy atom. The van der Waals surface area contributed by atoms with E-state index in [4.69, 9.17) is 4.43 Å². The summed E-state index contributed by atoms with van der Waals surface area (Å²) in [4.78, 5) is 11.5. The van der Waals surface area contributed by atoms with Crippen molar-refractivity contribution in [3.8, 4) is 11.1 Å². The molecule has 147 valence electrons. The molecule has 4 nitrogen and oxygen atoms in total. The zero-order valence-corrected chi connectivity index (χ0v) is 16.1. The van der Waals surface area contributed by atoms with E-state index < -0.39 is 28.8 Å². The Balaban J connectivity index is 2.31. The highest BCUT2D eigenvalue weighted by Crippen LogP contribution is 2.44. The van der Waals surface area contributed by atoms with E-state index in [1.807, 2.05) is 0 Å². The van der Waals surface area contributed by atoms with Crippen LogP contribution in [0.5, 0.6) is 0 Å². The molecule has 0 heterocycles. The molecule has 3 radical (unpaired) electrons. The van der Waals surface area contributed by atoms with Crippen molar-refractivity contribution in [2.45, 2.75) is 12.0 Å². The molecule has 8 heteroatoms. The van der Waals surface area contributed by atoms with E-state index in [0.29, 0.717) is 11.1 Å². The molecule has 0 aliphatic rings. The second-order valence-corrected chi connectivity index (χ2v) is 6.54. The first kappa shape index (κ1) is 20.8. The molecule has 1 atom stereocenters. The first-order valence-electron chi connectivity index (χ1n) is 8.63. The summed E-state index contributed by atoms with van der Waals surface area (Å²) in [6.07, 6.45) is -0.254. The van der Waals surface area contributed by atoms with Gasteiger partial charge in [0.15, 0.2) is 0 Å². The molecule has 0 saturated heterocycles. The maximum Gasteiger partial charge on any atom is 0.283 e. The van der Waals surface area contributed by atoms with Gasteiger partial charge in [0.2, 0.25) is 10.5 Å². The van der Waals surface area contributed by atoms with Crippen molar-refractivity contribution in [1.82, 2.24) is 0 Å². The third kappa shape index (κ3) is 3.94. The van der Waals surface area contributed by atoms with Crippen molar-refractivity contribution in [2.75, 3.05) is 6.67 Å². The molecule has 0 amide bonds. The minimum Gasteiger partial charge on any atom is -0.405 e. The molecule has 0 spiro atoms. The Morgan fingerprint density at radius 2 is 1.55 bits per heavy atom. The lowest BCUT2D eigenvalue weighted by Crippen LogP contribution is -2.32. The van der Waals surface area contributed by atoms with E-state index >= 15 is 0 Å². The van der Waals surface area contributed by atoms with E-state index in [9.17, 15) is 23.3 Å². The number of hydrogen-bond acceptors (Lipinski definition) is 3. The van der Waals surface area contributed by atoms with Crippen molar-refractivity contribution in [2.24, 2.45) is 0 Å². The van der Waals surface area contributed by atoms with Crippen molar-refractivity contribution in [3.05, 3.63) is 99.6 Å². The lowest BCUT2D eigenvalue weighted by atomic mass is 9.81. The molecule has 1 unspecified atom stereocenters. The van der Waals surface area contributed by atoms with Gasteiger partial charge in [-0.25, -0.2) is 8.78 Å². The predicted octanol–water partition coefficient (Wildman–Crippen LogP) is 5.24. The van der Waals surface area contributed by atoms with Crippen LogP contribution >= 0.6 is 0 Å². The number of nitro groups is 1. The minimum atomic E-state index is -1.59. The van der Waals surface area contributed by atoms with E-state index in [0.717, 1.165) is 0 Å². The number of halogens is 3. The van der Waals surface area contributed by atoms with Gasteiger partial charge in [-0.1, -0.05) is 30.3 Å². The standard InChI is InChI=1S/C21H15F3NO3Si/c22-13-12-21(28-29,15-6-10-17(24)11-7-15)19-3-1-2-18(20(19)25(26)27)14-4-8-16(23)9-5-14/h1-11H,12-13H2. The third-order valence-corrected chi connectivity index (χ3v) is 5.09. The Morgan fingerprint density at radius 3 is 2.07 bits per heavy atom. The summed E-state index contributed by atoms with van der Waals surface area (Å²) in [5.74, 6) is -0.986. The summed E-state index contributed by atoms with van der Waals surface area (Å²) >= 11 is 0. The van der Waals surface area contributed by atoms with Gasteiger partial charge >= 0.3 is 0 Å². The first-order chi connectivity index (χ1) is 13.9. The molecule has 3 aromatic rings. The highest BCUT2D eigenvalue weighted by Gasteiger charge is 2.40. The van der Waals surface area contributed by atoms with E-state index in [1.165, 1.54) is 60.7 Å². The maximum absolute atomic E-state index is 13.5. The quantitative estimate of drug-likeness (QED) is 0.302. The fourth-order valence-electron chi connectivity index (χ4n) is 3.38. The number of alkyl halides is 1. The molecule has 0 bridgehead atoms. The van der Waals surface area contributed by atoms with Crippen LogP contribution in [0, 0.1) is 21.7 Å². The van der Waals surface area contributed by atoms with Gasteiger partial charge < -0.3 is 4.43 Å². The highest BCUT2D eigenvalue weighted by atomic mass is 28.2. The number of para-hydroxylation sites is 1. The lowest BCUT2D eigenvalue weighted by Gasteiger charge is -2.33. The highest BCUT2D eigenvalue weighted by molar-refractivity contribution is 5.98. The smallest absolute Gasteiger partial charge is 0.283 e. The average Bonchev–Trinajstić information content (AvgIpc) is 2.73. The molecule has 0 aliphatic heterocycles. The summed E-state index contributed by atoms with van der Waals surface area (Å²) in [5, 5.41) is 12.0. The fourth-order valence-corrected chi connectivity index (χ4v) is 3.71. The number of benzene rings is 3. The van der Waals surface area contributed by atoms with Crippen LogP contribution in [0.3, 0.4) is 0 Å². The Hall–Kier alpha value is -2.97. The molecule has 0 aromatic heterocycles.